The van der Waals surface area contributed by atoms with E-state index in [1.165, 1.54) is 4.68 Å². The zero-order chi connectivity index (χ0) is 18.1. The van der Waals surface area contributed by atoms with Gasteiger partial charge in [-0.05, 0) is 24.5 Å². The number of aliphatic hydroxyl groups is 1. The summed E-state index contributed by atoms with van der Waals surface area (Å²) in [6.45, 7) is 4.30. The van der Waals surface area contributed by atoms with E-state index in [2.05, 4.69) is 20.3 Å². The van der Waals surface area contributed by atoms with Crippen molar-refractivity contribution in [1.29, 1.82) is 0 Å². The summed E-state index contributed by atoms with van der Waals surface area (Å²) in [6, 6.07) is 1.88. The van der Waals surface area contributed by atoms with Crippen LogP contribution in [0.25, 0.3) is 11.3 Å². The number of aromatic nitrogens is 3. The van der Waals surface area contributed by atoms with Crippen molar-refractivity contribution in [3.63, 3.8) is 0 Å². The Labute approximate surface area is 175 Å². The minimum absolute atomic E-state index is 0. The second kappa shape index (κ2) is 9.67. The zero-order valence-electron chi connectivity index (χ0n) is 15.4. The summed E-state index contributed by atoms with van der Waals surface area (Å²) < 4.78 is 1.47. The highest BCUT2D eigenvalue weighted by Crippen LogP contribution is 2.34. The van der Waals surface area contributed by atoms with Crippen LogP contribution in [-0.2, 0) is 19.4 Å². The number of fused-ring (bicyclic) bond motifs is 3. The Kier molecular flexibility index (Phi) is 7.79. The Balaban J connectivity index is 0.00000140. The first kappa shape index (κ1) is 22.6. The first-order valence-electron chi connectivity index (χ1n) is 9.01. The zero-order valence-corrected chi connectivity index (χ0v) is 17.0. The largest absolute Gasteiger partial charge is 0.477 e. The molecule has 28 heavy (non-hydrogen) atoms. The molecule has 2 aliphatic rings. The van der Waals surface area contributed by atoms with Gasteiger partial charge in [0.2, 0.25) is 0 Å². The van der Waals surface area contributed by atoms with Gasteiger partial charge in [-0.1, -0.05) is 0 Å². The maximum absolute atomic E-state index is 11.9. The number of hydrogen-bond acceptors (Lipinski definition) is 6. The van der Waals surface area contributed by atoms with Gasteiger partial charge >= 0.3 is 5.97 Å². The smallest absolute Gasteiger partial charge is 0.354 e. The molecule has 0 amide bonds. The van der Waals surface area contributed by atoms with Gasteiger partial charge in [0, 0.05) is 56.2 Å². The maximum Gasteiger partial charge on any atom is 0.354 e. The Morgan fingerprint density at radius 1 is 1.21 bits per heavy atom. The number of halogens is 2. The molecule has 154 valence electrons. The highest BCUT2D eigenvalue weighted by atomic mass is 35.5. The number of pyridine rings is 1. The highest BCUT2D eigenvalue weighted by molar-refractivity contribution is 5.90. The molecule has 8 nitrogen and oxygen atoms in total. The number of carboxylic acids is 1. The fraction of sp³-hybridized carbons (Fsp3) is 0.500. The van der Waals surface area contributed by atoms with Gasteiger partial charge in [0.25, 0.3) is 0 Å². The molecule has 0 saturated carbocycles. The van der Waals surface area contributed by atoms with Crippen LogP contribution in [0.4, 0.5) is 0 Å². The molecule has 3 heterocycles. The van der Waals surface area contributed by atoms with Crippen molar-refractivity contribution in [3.8, 4) is 11.3 Å². The number of β-amino-alcohol motifs (C(OH)–C–C–N with tert-alkyl or cyclic N) is 1. The molecule has 4 rings (SSSR count). The molecule has 1 atom stereocenters. The molecule has 2 aromatic rings. The molecule has 1 fully saturated rings. The summed E-state index contributed by atoms with van der Waals surface area (Å²) in [7, 11) is 0. The van der Waals surface area contributed by atoms with Crippen molar-refractivity contribution in [3.05, 3.63) is 35.3 Å². The van der Waals surface area contributed by atoms with Gasteiger partial charge in [0.1, 0.15) is 5.69 Å². The Morgan fingerprint density at radius 3 is 2.68 bits per heavy atom. The Morgan fingerprint density at radius 2 is 1.96 bits per heavy atom. The average molecular weight is 430 g/mol. The van der Waals surface area contributed by atoms with Crippen LogP contribution in [0.5, 0.6) is 0 Å². The summed E-state index contributed by atoms with van der Waals surface area (Å²) in [5.74, 6) is -0.995. The third-order valence-corrected chi connectivity index (χ3v) is 5.12. The normalized spacial score (nSPS) is 16.9. The van der Waals surface area contributed by atoms with E-state index in [0.29, 0.717) is 18.7 Å². The highest BCUT2D eigenvalue weighted by Gasteiger charge is 2.29. The minimum Gasteiger partial charge on any atom is -0.477 e. The van der Waals surface area contributed by atoms with E-state index in [0.717, 1.165) is 49.3 Å². The topological polar surface area (TPSA) is 104 Å². The van der Waals surface area contributed by atoms with E-state index in [4.69, 9.17) is 0 Å². The fourth-order valence-electron chi connectivity index (χ4n) is 3.89. The van der Waals surface area contributed by atoms with Crippen LogP contribution >= 0.6 is 24.8 Å². The van der Waals surface area contributed by atoms with Crippen LogP contribution in [-0.4, -0.2) is 74.7 Å². The SMILES string of the molecule is Cl.Cl.O=C(O)c1c2c(nn1CC(O)CN1CCNCC1)-c1ccncc1CC2. The van der Waals surface area contributed by atoms with Crippen molar-refractivity contribution in [2.24, 2.45) is 0 Å². The maximum atomic E-state index is 11.9. The van der Waals surface area contributed by atoms with Gasteiger partial charge in [-0.15, -0.1) is 24.8 Å². The monoisotopic (exact) mass is 429 g/mol. The number of carbonyl (C=O) groups is 1. The molecule has 0 aromatic carbocycles. The number of hydrogen-bond donors (Lipinski definition) is 3. The summed E-state index contributed by atoms with van der Waals surface area (Å²) in [6.07, 6.45) is 4.24. The molecular formula is C18H25Cl2N5O3. The number of aliphatic hydroxyl groups excluding tert-OH is 1. The fourth-order valence-corrected chi connectivity index (χ4v) is 3.89. The second-order valence-corrected chi connectivity index (χ2v) is 6.90. The van der Waals surface area contributed by atoms with Crippen LogP contribution in [0.15, 0.2) is 18.5 Å². The van der Waals surface area contributed by atoms with Crippen LogP contribution < -0.4 is 5.32 Å². The molecule has 0 radical (unpaired) electrons. The van der Waals surface area contributed by atoms with Crippen LogP contribution in [0.1, 0.15) is 21.6 Å². The quantitative estimate of drug-likeness (QED) is 0.646. The number of aryl methyl sites for hydroxylation is 1. The van der Waals surface area contributed by atoms with E-state index in [-0.39, 0.29) is 37.1 Å². The molecule has 0 bridgehead atoms. The molecule has 1 unspecified atom stereocenters. The Bertz CT molecular complexity index is 824. The lowest BCUT2D eigenvalue weighted by Crippen LogP contribution is -2.47. The van der Waals surface area contributed by atoms with Crippen molar-refractivity contribution in [2.45, 2.75) is 25.5 Å². The number of piperazine rings is 1. The molecule has 1 aliphatic carbocycles. The first-order chi connectivity index (χ1) is 12.6. The molecule has 10 heteroatoms. The van der Waals surface area contributed by atoms with Gasteiger partial charge in [-0.25, -0.2) is 4.79 Å². The lowest BCUT2D eigenvalue weighted by Gasteiger charge is -2.29. The third-order valence-electron chi connectivity index (χ3n) is 5.12. The van der Waals surface area contributed by atoms with Crippen molar-refractivity contribution >= 4 is 30.8 Å². The van der Waals surface area contributed by atoms with Crippen LogP contribution in [0.3, 0.4) is 0 Å². The summed E-state index contributed by atoms with van der Waals surface area (Å²) in [5.41, 5.74) is 3.69. The lowest BCUT2D eigenvalue weighted by atomic mass is 9.90. The van der Waals surface area contributed by atoms with E-state index < -0.39 is 12.1 Å². The van der Waals surface area contributed by atoms with E-state index in [1.54, 1.807) is 6.20 Å². The molecular weight excluding hydrogens is 405 g/mol. The predicted molar refractivity (Wildman–Crippen MR) is 110 cm³/mol. The molecule has 1 saturated heterocycles. The molecule has 3 N–H and O–H groups in total. The summed E-state index contributed by atoms with van der Waals surface area (Å²) in [4.78, 5) is 18.2. The number of nitrogens with one attached hydrogen (secondary N) is 1. The molecule has 0 spiro atoms. The summed E-state index contributed by atoms with van der Waals surface area (Å²) >= 11 is 0. The number of aromatic carboxylic acids is 1. The van der Waals surface area contributed by atoms with Gasteiger partial charge in [0.05, 0.1) is 18.3 Å². The lowest BCUT2D eigenvalue weighted by molar-refractivity contribution is 0.0660. The number of nitrogens with zero attached hydrogens (tertiary/aromatic N) is 4. The van der Waals surface area contributed by atoms with Crippen molar-refractivity contribution < 1.29 is 15.0 Å². The van der Waals surface area contributed by atoms with E-state index >= 15 is 0 Å². The van der Waals surface area contributed by atoms with Crippen molar-refractivity contribution in [2.75, 3.05) is 32.7 Å². The average Bonchev–Trinajstić information content (AvgIpc) is 3.01. The third kappa shape index (κ3) is 4.47. The molecule has 1 aliphatic heterocycles. The van der Waals surface area contributed by atoms with Gasteiger partial charge < -0.3 is 15.5 Å². The Hall–Kier alpha value is -1.71. The summed E-state index contributed by atoms with van der Waals surface area (Å²) in [5, 5.41) is 28.1. The van der Waals surface area contributed by atoms with Crippen molar-refractivity contribution in [1.82, 2.24) is 25.0 Å². The standard InChI is InChI=1S/C18H23N5O3.2ClH/c24-13(10-22-7-5-19-6-8-22)11-23-17(18(25)26)15-2-1-12-9-20-4-3-14(12)16(15)21-23;;/h3-4,9,13,19,24H,1-2,5-8,10-11H2,(H,25,26);2*1H. The van der Waals surface area contributed by atoms with E-state index in [1.807, 2.05) is 12.3 Å². The van der Waals surface area contributed by atoms with Gasteiger partial charge in [-0.3, -0.25) is 14.6 Å². The van der Waals surface area contributed by atoms with Gasteiger partial charge in [0.15, 0.2) is 0 Å². The minimum atomic E-state index is -0.995. The van der Waals surface area contributed by atoms with Crippen LogP contribution in [0, 0.1) is 0 Å². The molecule has 2 aromatic heterocycles. The van der Waals surface area contributed by atoms with Crippen LogP contribution in [0.2, 0.25) is 0 Å². The number of rotatable bonds is 5. The predicted octanol–water partition coefficient (Wildman–Crippen LogP) is 0.852. The first-order valence-corrected chi connectivity index (χ1v) is 9.01. The van der Waals surface area contributed by atoms with E-state index in [9.17, 15) is 15.0 Å². The van der Waals surface area contributed by atoms with Gasteiger partial charge in [-0.2, -0.15) is 5.10 Å². The number of carboxylic acid groups (broad SMARTS) is 1. The second-order valence-electron chi connectivity index (χ2n) is 6.90.